The number of sulfonamides is 1. The smallest absolute Gasteiger partial charge is 0.259 e. The molecule has 0 saturated carbocycles. The summed E-state index contributed by atoms with van der Waals surface area (Å²) in [5, 5.41) is 3.11. The number of aryl methyl sites for hydroxylation is 3. The molecule has 0 radical (unpaired) electrons. The number of hydrogen-bond acceptors (Lipinski definition) is 7. The van der Waals surface area contributed by atoms with Crippen LogP contribution in [0.5, 0.6) is 0 Å². The number of aromatic nitrogens is 6. The lowest BCUT2D eigenvalue weighted by Gasteiger charge is -2.09. The fourth-order valence-electron chi connectivity index (χ4n) is 2.57. The molecule has 2 N–H and O–H groups in total. The summed E-state index contributed by atoms with van der Waals surface area (Å²) in [4.78, 5) is 16.6. The highest BCUT2D eigenvalue weighted by Crippen LogP contribution is 2.11. The van der Waals surface area contributed by atoms with Crippen molar-refractivity contribution >= 4 is 15.8 Å². The van der Waals surface area contributed by atoms with E-state index in [1.807, 2.05) is 24.6 Å². The highest BCUT2D eigenvalue weighted by Gasteiger charge is 2.18. The van der Waals surface area contributed by atoms with Crippen molar-refractivity contribution in [1.82, 2.24) is 33.8 Å². The Morgan fingerprint density at radius 1 is 1.11 bits per heavy atom. The van der Waals surface area contributed by atoms with Crippen LogP contribution in [0.4, 0.5) is 5.82 Å². The lowest BCUT2D eigenvalue weighted by atomic mass is 10.5. The van der Waals surface area contributed by atoms with Gasteiger partial charge in [-0.25, -0.2) is 33.1 Å². The Bertz CT molecular complexity index is 1020. The summed E-state index contributed by atoms with van der Waals surface area (Å²) in [6, 6.07) is 1.77. The molecule has 0 aliphatic heterocycles. The summed E-state index contributed by atoms with van der Waals surface area (Å²) < 4.78 is 30.8. The van der Waals surface area contributed by atoms with Crippen molar-refractivity contribution in [2.75, 3.05) is 18.4 Å². The third kappa shape index (κ3) is 4.31. The molecule has 0 saturated heterocycles. The van der Waals surface area contributed by atoms with Gasteiger partial charge in [0, 0.05) is 44.3 Å². The molecule has 144 valence electrons. The predicted molar refractivity (Wildman–Crippen MR) is 100 cm³/mol. The summed E-state index contributed by atoms with van der Waals surface area (Å²) in [6.07, 6.45) is 6.49. The lowest BCUT2D eigenvalue weighted by molar-refractivity contribution is 0.579. The van der Waals surface area contributed by atoms with Crippen molar-refractivity contribution in [2.45, 2.75) is 32.3 Å². The fourth-order valence-corrected chi connectivity index (χ4v) is 3.61. The Hall–Kier alpha value is -2.79. The van der Waals surface area contributed by atoms with Gasteiger partial charge in [0.2, 0.25) is 0 Å². The Kier molecular flexibility index (Phi) is 5.51. The molecule has 0 unspecified atom stereocenters. The van der Waals surface area contributed by atoms with E-state index in [4.69, 9.17) is 0 Å². The number of nitrogens with one attached hydrogen (secondary N) is 2. The maximum absolute atomic E-state index is 12.3. The molecule has 3 aromatic rings. The van der Waals surface area contributed by atoms with Gasteiger partial charge in [-0.05, 0) is 20.8 Å². The van der Waals surface area contributed by atoms with Crippen LogP contribution in [0, 0.1) is 13.8 Å². The maximum atomic E-state index is 12.3. The van der Waals surface area contributed by atoms with Crippen LogP contribution < -0.4 is 10.0 Å². The molecule has 0 fully saturated rings. The van der Waals surface area contributed by atoms with E-state index >= 15 is 0 Å². The Labute approximate surface area is 157 Å². The van der Waals surface area contributed by atoms with Crippen LogP contribution in [0.3, 0.4) is 0 Å². The number of nitrogens with zero attached hydrogens (tertiary/aromatic N) is 6. The summed E-state index contributed by atoms with van der Waals surface area (Å²) in [7, 11) is -3.64. The first kappa shape index (κ1) is 19.0. The van der Waals surface area contributed by atoms with Crippen LogP contribution in [-0.2, 0) is 16.6 Å². The topological polar surface area (TPSA) is 120 Å². The maximum Gasteiger partial charge on any atom is 0.259 e. The largest absolute Gasteiger partial charge is 0.369 e. The molecule has 11 heteroatoms. The number of imidazole rings is 2. The van der Waals surface area contributed by atoms with Gasteiger partial charge in [0.1, 0.15) is 29.6 Å². The summed E-state index contributed by atoms with van der Waals surface area (Å²) in [5.74, 6) is 2.76. The van der Waals surface area contributed by atoms with Crippen molar-refractivity contribution in [3.05, 3.63) is 42.6 Å². The molecule has 0 aliphatic carbocycles. The molecule has 3 aromatic heterocycles. The average Bonchev–Trinajstić information content (AvgIpc) is 3.25. The van der Waals surface area contributed by atoms with Gasteiger partial charge >= 0.3 is 0 Å². The molecule has 0 spiro atoms. The van der Waals surface area contributed by atoms with E-state index in [0.29, 0.717) is 30.5 Å². The van der Waals surface area contributed by atoms with Crippen LogP contribution in [0.25, 0.3) is 5.82 Å². The molecule has 0 bridgehead atoms. The second-order valence-electron chi connectivity index (χ2n) is 5.84. The van der Waals surface area contributed by atoms with Crippen LogP contribution in [-0.4, -0.2) is 50.6 Å². The first-order valence-electron chi connectivity index (χ1n) is 8.50. The second-order valence-corrected chi connectivity index (χ2v) is 7.56. The summed E-state index contributed by atoms with van der Waals surface area (Å²) in [6.45, 7) is 6.83. The van der Waals surface area contributed by atoms with Gasteiger partial charge in [0.15, 0.2) is 5.03 Å². The minimum Gasteiger partial charge on any atom is -0.369 e. The molecule has 3 rings (SSSR count). The highest BCUT2D eigenvalue weighted by molar-refractivity contribution is 7.89. The minimum atomic E-state index is -3.64. The SMILES string of the molecule is CCn1cc(S(=O)(=O)NCCNc2cc(-n3ccnc3C)ncn2)nc1C. The van der Waals surface area contributed by atoms with Crippen molar-refractivity contribution < 1.29 is 8.42 Å². The third-order valence-electron chi connectivity index (χ3n) is 4.02. The molecule has 0 aromatic carbocycles. The molecule has 27 heavy (non-hydrogen) atoms. The predicted octanol–water partition coefficient (Wildman–Crippen LogP) is 0.886. The number of hydrogen-bond donors (Lipinski definition) is 2. The van der Waals surface area contributed by atoms with Gasteiger partial charge in [-0.3, -0.25) is 4.57 Å². The second kappa shape index (κ2) is 7.84. The van der Waals surface area contributed by atoms with Gasteiger partial charge in [-0.2, -0.15) is 0 Å². The van der Waals surface area contributed by atoms with E-state index in [1.54, 1.807) is 23.8 Å². The average molecular weight is 390 g/mol. The zero-order valence-corrected chi connectivity index (χ0v) is 16.2. The van der Waals surface area contributed by atoms with Gasteiger partial charge in [0.05, 0.1) is 0 Å². The zero-order valence-electron chi connectivity index (χ0n) is 15.4. The molecule has 10 nitrogen and oxygen atoms in total. The monoisotopic (exact) mass is 390 g/mol. The minimum absolute atomic E-state index is 0.0294. The standard InChI is InChI=1S/C16H22N8O2S/c1-4-23-10-16(22-13(23)3)27(25,26)21-6-5-18-14-9-15(20-11-19-14)24-8-7-17-12(24)2/h7-11,21H,4-6H2,1-3H3,(H,18,19,20). The van der Waals surface area contributed by atoms with E-state index in [0.717, 1.165) is 5.82 Å². The fraction of sp³-hybridized carbons (Fsp3) is 0.375. The van der Waals surface area contributed by atoms with E-state index in [1.165, 1.54) is 12.5 Å². The molecule has 0 atom stereocenters. The van der Waals surface area contributed by atoms with Gasteiger partial charge < -0.3 is 9.88 Å². The molecular formula is C16H22N8O2S. The van der Waals surface area contributed by atoms with Crippen LogP contribution >= 0.6 is 0 Å². The molecule has 0 amide bonds. The quantitative estimate of drug-likeness (QED) is 0.548. The summed E-state index contributed by atoms with van der Waals surface area (Å²) >= 11 is 0. The molecular weight excluding hydrogens is 368 g/mol. The van der Waals surface area contributed by atoms with E-state index in [2.05, 4.69) is 30.0 Å². The van der Waals surface area contributed by atoms with Gasteiger partial charge in [-0.15, -0.1) is 0 Å². The van der Waals surface area contributed by atoms with Crippen molar-refractivity contribution in [2.24, 2.45) is 0 Å². The lowest BCUT2D eigenvalue weighted by Crippen LogP contribution is -2.29. The van der Waals surface area contributed by atoms with Crippen molar-refractivity contribution in [3.8, 4) is 5.82 Å². The third-order valence-corrected chi connectivity index (χ3v) is 5.35. The van der Waals surface area contributed by atoms with Crippen LogP contribution in [0.2, 0.25) is 0 Å². The van der Waals surface area contributed by atoms with Crippen molar-refractivity contribution in [3.63, 3.8) is 0 Å². The first-order chi connectivity index (χ1) is 12.9. The zero-order chi connectivity index (χ0) is 19.4. The van der Waals surface area contributed by atoms with Gasteiger partial charge in [0.25, 0.3) is 10.0 Å². The first-order valence-corrected chi connectivity index (χ1v) is 9.98. The summed E-state index contributed by atoms with van der Waals surface area (Å²) in [5.41, 5.74) is 0. The molecule has 0 aliphatic rings. The highest BCUT2D eigenvalue weighted by atomic mass is 32.2. The Morgan fingerprint density at radius 3 is 2.59 bits per heavy atom. The van der Waals surface area contributed by atoms with Gasteiger partial charge in [-0.1, -0.05) is 0 Å². The van der Waals surface area contributed by atoms with Crippen molar-refractivity contribution in [1.29, 1.82) is 0 Å². The van der Waals surface area contributed by atoms with E-state index in [9.17, 15) is 8.42 Å². The number of rotatable bonds is 8. The van der Waals surface area contributed by atoms with Crippen LogP contribution in [0.1, 0.15) is 18.6 Å². The number of anilines is 1. The normalized spacial score (nSPS) is 11.7. The Morgan fingerprint density at radius 2 is 1.93 bits per heavy atom. The molecule has 3 heterocycles. The van der Waals surface area contributed by atoms with Crippen LogP contribution in [0.15, 0.2) is 36.0 Å². The van der Waals surface area contributed by atoms with E-state index in [-0.39, 0.29) is 11.6 Å². The Balaban J connectivity index is 1.58. The van der Waals surface area contributed by atoms with E-state index < -0.39 is 10.0 Å².